The van der Waals surface area contributed by atoms with E-state index in [2.05, 4.69) is 5.32 Å². The van der Waals surface area contributed by atoms with E-state index in [1.807, 2.05) is 0 Å². The molecule has 9 heteroatoms. The Morgan fingerprint density at radius 2 is 1.91 bits per heavy atom. The molecule has 1 amide bonds. The first-order valence-corrected chi connectivity index (χ1v) is 8.92. The molecule has 1 N–H and O–H groups in total. The summed E-state index contributed by atoms with van der Waals surface area (Å²) >= 11 is 11.7. The Morgan fingerprint density at radius 1 is 1.27 bits per heavy atom. The van der Waals surface area contributed by atoms with E-state index < -0.39 is 16.1 Å². The zero-order valence-electron chi connectivity index (χ0n) is 12.1. The summed E-state index contributed by atoms with van der Waals surface area (Å²) < 4.78 is 26.9. The van der Waals surface area contributed by atoms with Crippen LogP contribution < -0.4 is 5.32 Å². The lowest BCUT2D eigenvalue weighted by Crippen LogP contribution is -2.43. The highest BCUT2D eigenvalue weighted by molar-refractivity contribution is 7.86. The maximum Gasteiger partial charge on any atom is 0.282 e. The van der Waals surface area contributed by atoms with Crippen molar-refractivity contribution in [2.24, 2.45) is 0 Å². The predicted octanol–water partition coefficient (Wildman–Crippen LogP) is 2.20. The van der Waals surface area contributed by atoms with Crippen molar-refractivity contribution < 1.29 is 13.2 Å². The molecule has 6 nitrogen and oxygen atoms in total. The molecule has 1 heterocycles. The third-order valence-corrected chi connectivity index (χ3v) is 6.03. The normalized spacial score (nSPS) is 16.2. The lowest BCUT2D eigenvalue weighted by atomic mass is 10.3. The van der Waals surface area contributed by atoms with Crippen LogP contribution in [0.4, 0.5) is 5.69 Å². The van der Waals surface area contributed by atoms with E-state index in [1.165, 1.54) is 17.4 Å². The lowest BCUT2D eigenvalue weighted by Gasteiger charge is -2.23. The van der Waals surface area contributed by atoms with Crippen LogP contribution in [0.15, 0.2) is 18.2 Å². The number of carbonyl (C=O) groups is 1. The smallest absolute Gasteiger partial charge is 0.282 e. The van der Waals surface area contributed by atoms with E-state index in [1.54, 1.807) is 12.1 Å². The second kappa shape index (κ2) is 7.14. The van der Waals surface area contributed by atoms with Gasteiger partial charge in [0.05, 0.1) is 16.6 Å². The fraction of sp³-hybridized carbons (Fsp3) is 0.462. The number of hydrogen-bond donors (Lipinski definition) is 1. The fourth-order valence-electron chi connectivity index (χ4n) is 2.17. The molecule has 0 spiro atoms. The minimum atomic E-state index is -3.58. The third-order valence-electron chi connectivity index (χ3n) is 3.35. The van der Waals surface area contributed by atoms with E-state index >= 15 is 0 Å². The molecule has 0 aromatic heterocycles. The number of hydrogen-bond acceptors (Lipinski definition) is 3. The van der Waals surface area contributed by atoms with Gasteiger partial charge in [-0.15, -0.1) is 0 Å². The Bertz CT molecular complexity index is 660. The quantitative estimate of drug-likeness (QED) is 0.869. The molecule has 0 unspecified atom stereocenters. The summed E-state index contributed by atoms with van der Waals surface area (Å²) in [6.07, 6.45) is 1.70. The number of carbonyl (C=O) groups excluding carboxylic acids is 1. The SMILES string of the molecule is CN(CC(=O)Nc1ccc(Cl)c(Cl)c1)S(=O)(=O)N1CCCC1. The van der Waals surface area contributed by atoms with Gasteiger partial charge in [-0.05, 0) is 31.0 Å². The first kappa shape index (κ1) is 17.5. The van der Waals surface area contributed by atoms with Crippen molar-refractivity contribution in [2.75, 3.05) is 32.0 Å². The molecule has 1 aliphatic heterocycles. The Hall–Kier alpha value is -0.860. The van der Waals surface area contributed by atoms with Gasteiger partial charge in [-0.2, -0.15) is 17.0 Å². The summed E-state index contributed by atoms with van der Waals surface area (Å²) in [7, 11) is -2.19. The van der Waals surface area contributed by atoms with Gasteiger partial charge in [0.15, 0.2) is 0 Å². The van der Waals surface area contributed by atoms with Gasteiger partial charge in [0.25, 0.3) is 10.2 Å². The number of nitrogens with one attached hydrogen (secondary N) is 1. The van der Waals surface area contributed by atoms with Crippen LogP contribution in [0.25, 0.3) is 0 Å². The van der Waals surface area contributed by atoms with Crippen LogP contribution >= 0.6 is 23.2 Å². The molecule has 0 bridgehead atoms. The number of halogens is 2. The maximum atomic E-state index is 12.3. The topological polar surface area (TPSA) is 69.7 Å². The first-order chi connectivity index (χ1) is 10.3. The molecule has 22 heavy (non-hydrogen) atoms. The Balaban J connectivity index is 1.97. The molecule has 0 aliphatic carbocycles. The third kappa shape index (κ3) is 4.11. The van der Waals surface area contributed by atoms with E-state index in [0.717, 1.165) is 17.1 Å². The summed E-state index contributed by atoms with van der Waals surface area (Å²) in [6, 6.07) is 4.67. The molecule has 0 atom stereocenters. The van der Waals surface area contributed by atoms with Crippen LogP contribution in [-0.4, -0.2) is 49.6 Å². The average molecular weight is 366 g/mol. The van der Waals surface area contributed by atoms with Crippen molar-refractivity contribution in [3.05, 3.63) is 28.2 Å². The van der Waals surface area contributed by atoms with Crippen molar-refractivity contribution in [1.29, 1.82) is 0 Å². The highest BCUT2D eigenvalue weighted by Gasteiger charge is 2.30. The van der Waals surface area contributed by atoms with Crippen molar-refractivity contribution >= 4 is 45.0 Å². The van der Waals surface area contributed by atoms with Crippen LogP contribution in [0.2, 0.25) is 10.0 Å². The van der Waals surface area contributed by atoms with E-state index in [9.17, 15) is 13.2 Å². The summed E-state index contributed by atoms with van der Waals surface area (Å²) in [6.45, 7) is 0.737. The number of nitrogens with zero attached hydrogens (tertiary/aromatic N) is 2. The molecular formula is C13H17Cl2N3O3S. The van der Waals surface area contributed by atoms with Gasteiger partial charge in [-0.3, -0.25) is 4.79 Å². The monoisotopic (exact) mass is 365 g/mol. The summed E-state index contributed by atoms with van der Waals surface area (Å²) in [5.74, 6) is -0.441. The summed E-state index contributed by atoms with van der Waals surface area (Å²) in [5.41, 5.74) is 0.464. The molecule has 1 saturated heterocycles. The zero-order chi connectivity index (χ0) is 16.3. The summed E-state index contributed by atoms with van der Waals surface area (Å²) in [5, 5.41) is 3.30. The van der Waals surface area contributed by atoms with Gasteiger partial charge in [-0.25, -0.2) is 0 Å². The summed E-state index contributed by atoms with van der Waals surface area (Å²) in [4.78, 5) is 12.0. The first-order valence-electron chi connectivity index (χ1n) is 6.77. The van der Waals surface area contributed by atoms with Crippen LogP contribution in [0, 0.1) is 0 Å². The molecule has 1 fully saturated rings. The zero-order valence-corrected chi connectivity index (χ0v) is 14.4. The highest BCUT2D eigenvalue weighted by atomic mass is 35.5. The number of rotatable bonds is 5. The standard InChI is InChI=1S/C13H17Cl2N3O3S/c1-17(22(20,21)18-6-2-3-7-18)9-13(19)16-10-4-5-11(14)12(15)8-10/h4-5,8H,2-3,6-7,9H2,1H3,(H,16,19). The van der Waals surface area contributed by atoms with Crippen LogP contribution in [0.3, 0.4) is 0 Å². The van der Waals surface area contributed by atoms with Crippen molar-refractivity contribution in [3.8, 4) is 0 Å². The fourth-order valence-corrected chi connectivity index (χ4v) is 3.87. The number of benzene rings is 1. The van der Waals surface area contributed by atoms with Gasteiger partial charge in [0.2, 0.25) is 5.91 Å². The van der Waals surface area contributed by atoms with Crippen molar-refractivity contribution in [1.82, 2.24) is 8.61 Å². The molecule has 1 aromatic carbocycles. The Kier molecular flexibility index (Phi) is 5.68. The molecule has 1 aromatic rings. The number of anilines is 1. The van der Waals surface area contributed by atoms with Gasteiger partial charge in [0, 0.05) is 25.8 Å². The van der Waals surface area contributed by atoms with Crippen LogP contribution in [0.1, 0.15) is 12.8 Å². The van der Waals surface area contributed by atoms with E-state index in [0.29, 0.717) is 28.8 Å². The van der Waals surface area contributed by atoms with Gasteiger partial charge in [0.1, 0.15) is 0 Å². The Morgan fingerprint density at radius 3 is 2.50 bits per heavy atom. The van der Waals surface area contributed by atoms with Gasteiger partial charge in [-0.1, -0.05) is 23.2 Å². The molecular weight excluding hydrogens is 349 g/mol. The van der Waals surface area contributed by atoms with Crippen molar-refractivity contribution in [3.63, 3.8) is 0 Å². The number of amides is 1. The predicted molar refractivity (Wildman–Crippen MR) is 87.4 cm³/mol. The van der Waals surface area contributed by atoms with Gasteiger partial charge >= 0.3 is 0 Å². The van der Waals surface area contributed by atoms with Crippen molar-refractivity contribution in [2.45, 2.75) is 12.8 Å². The van der Waals surface area contributed by atoms with Gasteiger partial charge < -0.3 is 5.32 Å². The molecule has 0 saturated carbocycles. The maximum absolute atomic E-state index is 12.3. The van der Waals surface area contributed by atoms with Crippen LogP contribution in [0.5, 0.6) is 0 Å². The largest absolute Gasteiger partial charge is 0.325 e. The Labute approximate surface area is 140 Å². The van der Waals surface area contributed by atoms with E-state index in [-0.39, 0.29) is 6.54 Å². The number of likely N-dealkylation sites (N-methyl/N-ethyl adjacent to an activating group) is 1. The second-order valence-electron chi connectivity index (χ2n) is 5.05. The molecule has 122 valence electrons. The lowest BCUT2D eigenvalue weighted by molar-refractivity contribution is -0.116. The van der Waals surface area contributed by atoms with Crippen LogP contribution in [-0.2, 0) is 15.0 Å². The molecule has 0 radical (unpaired) electrons. The molecule has 1 aliphatic rings. The van der Waals surface area contributed by atoms with E-state index in [4.69, 9.17) is 23.2 Å². The average Bonchev–Trinajstić information content (AvgIpc) is 2.97. The highest BCUT2D eigenvalue weighted by Crippen LogP contribution is 2.25. The minimum absolute atomic E-state index is 0.265. The second-order valence-corrected chi connectivity index (χ2v) is 7.90. The minimum Gasteiger partial charge on any atom is -0.325 e. The molecule has 2 rings (SSSR count).